The van der Waals surface area contributed by atoms with Gasteiger partial charge in [0.2, 0.25) is 5.90 Å². The molecule has 0 N–H and O–H groups in total. The van der Waals surface area contributed by atoms with Gasteiger partial charge in [-0.05, 0) is 39.0 Å². The topological polar surface area (TPSA) is 30.8 Å². The summed E-state index contributed by atoms with van der Waals surface area (Å²) in [4.78, 5) is 4.83. The van der Waals surface area contributed by atoms with Crippen molar-refractivity contribution in [2.45, 2.75) is 32.1 Å². The molecule has 27 heavy (non-hydrogen) atoms. The third-order valence-electron chi connectivity index (χ3n) is 4.35. The van der Waals surface area contributed by atoms with Gasteiger partial charge in [0, 0.05) is 11.1 Å². The zero-order valence-electron chi connectivity index (χ0n) is 15.8. The van der Waals surface area contributed by atoms with Gasteiger partial charge in [-0.2, -0.15) is 0 Å². The lowest BCUT2D eigenvalue weighted by Gasteiger charge is -2.30. The highest BCUT2D eigenvalue weighted by atomic mass is 16.7. The second-order valence-corrected chi connectivity index (χ2v) is 7.63. The van der Waals surface area contributed by atoms with Crippen LogP contribution in [0.4, 0.5) is 0 Å². The quantitative estimate of drug-likeness (QED) is 0.616. The lowest BCUT2D eigenvalue weighted by Crippen LogP contribution is -2.35. The average Bonchev–Trinajstić information content (AvgIpc) is 2.96. The normalized spacial score (nSPS) is 20.2. The second kappa shape index (κ2) is 6.58. The van der Waals surface area contributed by atoms with Gasteiger partial charge in [0.1, 0.15) is 5.75 Å². The molecule has 1 aliphatic heterocycles. The van der Waals surface area contributed by atoms with E-state index >= 15 is 0 Å². The molecular weight excluding hydrogens is 334 g/mol. The Morgan fingerprint density at radius 2 is 1.37 bits per heavy atom. The van der Waals surface area contributed by atoms with Gasteiger partial charge in [0.15, 0.2) is 0 Å². The van der Waals surface area contributed by atoms with Crippen molar-refractivity contribution in [3.8, 4) is 5.75 Å². The highest BCUT2D eigenvalue weighted by Crippen LogP contribution is 2.44. The molecule has 0 radical (unpaired) electrons. The molecule has 3 aromatic rings. The predicted molar refractivity (Wildman–Crippen MR) is 108 cm³/mol. The summed E-state index contributed by atoms with van der Waals surface area (Å²) in [5.74, 6) is 0.287. The van der Waals surface area contributed by atoms with Crippen LogP contribution in [0.15, 0.2) is 89.9 Å². The van der Waals surface area contributed by atoms with Crippen LogP contribution < -0.4 is 4.74 Å². The molecule has 1 unspecified atom stereocenters. The number of fused-ring (bicyclic) bond motifs is 1. The SMILES string of the molecule is CC(C)(C)N=C1OC(Oc2ccccc2)(c2ccccc2)c2ccccc21. The molecule has 3 heteroatoms. The van der Waals surface area contributed by atoms with Crippen molar-refractivity contribution in [3.05, 3.63) is 102 Å². The molecule has 1 aliphatic rings. The molecule has 0 bridgehead atoms. The lowest BCUT2D eigenvalue weighted by molar-refractivity contribution is -0.0850. The largest absolute Gasteiger partial charge is 0.444 e. The Bertz CT molecular complexity index is 958. The minimum Gasteiger partial charge on any atom is -0.444 e. The van der Waals surface area contributed by atoms with Gasteiger partial charge in [-0.3, -0.25) is 0 Å². The molecule has 0 saturated heterocycles. The van der Waals surface area contributed by atoms with E-state index in [0.29, 0.717) is 5.90 Å². The van der Waals surface area contributed by atoms with E-state index in [-0.39, 0.29) is 5.54 Å². The van der Waals surface area contributed by atoms with E-state index < -0.39 is 5.79 Å². The summed E-state index contributed by atoms with van der Waals surface area (Å²) in [6.45, 7) is 6.19. The number of ether oxygens (including phenoxy) is 2. The number of benzene rings is 3. The minimum atomic E-state index is -1.07. The molecule has 136 valence electrons. The van der Waals surface area contributed by atoms with Crippen molar-refractivity contribution >= 4 is 5.90 Å². The lowest BCUT2D eigenvalue weighted by atomic mass is 9.95. The van der Waals surface area contributed by atoms with Crippen LogP contribution in [0, 0.1) is 0 Å². The molecule has 1 atom stereocenters. The Kier molecular flexibility index (Phi) is 4.23. The molecule has 4 rings (SSSR count). The van der Waals surface area contributed by atoms with Crippen LogP contribution >= 0.6 is 0 Å². The van der Waals surface area contributed by atoms with Gasteiger partial charge in [0.05, 0.1) is 11.1 Å². The smallest absolute Gasteiger partial charge is 0.307 e. The zero-order chi connectivity index (χ0) is 18.9. The van der Waals surface area contributed by atoms with Gasteiger partial charge in [-0.15, -0.1) is 0 Å². The van der Waals surface area contributed by atoms with E-state index in [4.69, 9.17) is 14.5 Å². The average molecular weight is 357 g/mol. The van der Waals surface area contributed by atoms with E-state index in [1.165, 1.54) is 0 Å². The van der Waals surface area contributed by atoms with Crippen molar-refractivity contribution in [1.82, 2.24) is 0 Å². The Labute approximate surface area is 160 Å². The third-order valence-corrected chi connectivity index (χ3v) is 4.35. The maximum Gasteiger partial charge on any atom is 0.307 e. The molecule has 0 aromatic heterocycles. The van der Waals surface area contributed by atoms with Crippen molar-refractivity contribution in [1.29, 1.82) is 0 Å². The van der Waals surface area contributed by atoms with Crippen molar-refractivity contribution < 1.29 is 9.47 Å². The fourth-order valence-corrected chi connectivity index (χ4v) is 3.25. The molecule has 0 aliphatic carbocycles. The van der Waals surface area contributed by atoms with Crippen molar-refractivity contribution in [3.63, 3.8) is 0 Å². The Balaban J connectivity index is 1.93. The van der Waals surface area contributed by atoms with E-state index in [9.17, 15) is 0 Å². The molecule has 0 amide bonds. The van der Waals surface area contributed by atoms with E-state index in [0.717, 1.165) is 22.4 Å². The van der Waals surface area contributed by atoms with Crippen LogP contribution in [-0.4, -0.2) is 11.4 Å². The van der Waals surface area contributed by atoms with Gasteiger partial charge in [-0.25, -0.2) is 4.99 Å². The number of rotatable bonds is 3. The van der Waals surface area contributed by atoms with Gasteiger partial charge in [-0.1, -0.05) is 66.7 Å². The minimum absolute atomic E-state index is 0.262. The number of hydrogen-bond acceptors (Lipinski definition) is 3. The maximum absolute atomic E-state index is 6.52. The maximum atomic E-state index is 6.52. The Hall–Kier alpha value is -3.07. The van der Waals surface area contributed by atoms with Crippen LogP contribution in [0.1, 0.15) is 37.5 Å². The van der Waals surface area contributed by atoms with E-state index in [1.54, 1.807) is 0 Å². The first-order chi connectivity index (χ1) is 13.0. The molecule has 3 nitrogen and oxygen atoms in total. The Morgan fingerprint density at radius 3 is 2.04 bits per heavy atom. The first-order valence-electron chi connectivity index (χ1n) is 9.16. The zero-order valence-corrected chi connectivity index (χ0v) is 15.8. The number of para-hydroxylation sites is 1. The summed E-state index contributed by atoms with van der Waals surface area (Å²) < 4.78 is 13.0. The summed E-state index contributed by atoms with van der Waals surface area (Å²) in [5, 5.41) is 0. The molecule has 1 heterocycles. The number of hydrogen-bond donors (Lipinski definition) is 0. The van der Waals surface area contributed by atoms with Gasteiger partial charge in [0.25, 0.3) is 0 Å². The summed E-state index contributed by atoms with van der Waals surface area (Å²) in [5.41, 5.74) is 2.60. The summed E-state index contributed by atoms with van der Waals surface area (Å²) in [6.07, 6.45) is 0. The van der Waals surface area contributed by atoms with Crippen LogP contribution in [0.2, 0.25) is 0 Å². The number of aliphatic imine (C=N–C) groups is 1. The molecule has 0 saturated carbocycles. The monoisotopic (exact) mass is 357 g/mol. The highest BCUT2D eigenvalue weighted by Gasteiger charge is 2.48. The fourth-order valence-electron chi connectivity index (χ4n) is 3.25. The van der Waals surface area contributed by atoms with Crippen LogP contribution in [0.25, 0.3) is 0 Å². The molecule has 3 aromatic carbocycles. The number of nitrogens with zero attached hydrogens (tertiary/aromatic N) is 1. The third kappa shape index (κ3) is 3.33. The van der Waals surface area contributed by atoms with Crippen LogP contribution in [-0.2, 0) is 10.5 Å². The van der Waals surface area contributed by atoms with Crippen molar-refractivity contribution in [2.24, 2.45) is 4.99 Å². The fraction of sp³-hybridized carbons (Fsp3) is 0.208. The van der Waals surface area contributed by atoms with Gasteiger partial charge < -0.3 is 9.47 Å². The second-order valence-electron chi connectivity index (χ2n) is 7.63. The van der Waals surface area contributed by atoms with Gasteiger partial charge >= 0.3 is 5.79 Å². The standard InChI is InChI=1S/C24H23NO2/c1-23(2,3)25-22-20-16-10-11-17-21(20)24(27-22,18-12-6-4-7-13-18)26-19-14-8-5-9-15-19/h4-17H,1-3H3. The first kappa shape index (κ1) is 17.3. The van der Waals surface area contributed by atoms with E-state index in [2.05, 4.69) is 26.8 Å². The Morgan fingerprint density at radius 1 is 0.778 bits per heavy atom. The molecule has 0 fully saturated rings. The summed E-state index contributed by atoms with van der Waals surface area (Å²) in [7, 11) is 0. The molecule has 0 spiro atoms. The summed E-state index contributed by atoms with van der Waals surface area (Å²) >= 11 is 0. The summed E-state index contributed by atoms with van der Waals surface area (Å²) in [6, 6.07) is 27.9. The predicted octanol–water partition coefficient (Wildman–Crippen LogP) is 5.54. The highest BCUT2D eigenvalue weighted by molar-refractivity contribution is 5.99. The molecular formula is C24H23NO2. The van der Waals surface area contributed by atoms with E-state index in [1.807, 2.05) is 78.9 Å². The van der Waals surface area contributed by atoms with Crippen LogP contribution in [0.3, 0.4) is 0 Å². The van der Waals surface area contributed by atoms with Crippen molar-refractivity contribution in [2.75, 3.05) is 0 Å². The van der Waals surface area contributed by atoms with Crippen LogP contribution in [0.5, 0.6) is 5.75 Å². The first-order valence-corrected chi connectivity index (χ1v) is 9.16.